The fraction of sp³-hybridized carbons (Fsp3) is 0.385. The molecule has 7 heteroatoms. The molecule has 1 nitrogen and oxygen atoms in total. The average molecular weight is 298 g/mol. The molecule has 20 heavy (non-hydrogen) atoms. The molecule has 0 heterocycles. The SMILES string of the molecule is C#C/C(=C\C=C(/C)C=C)COC(C(F)(F)F)C(F)(F)F. The highest BCUT2D eigenvalue weighted by Gasteiger charge is 2.57. The van der Waals surface area contributed by atoms with E-state index in [0.717, 1.165) is 0 Å². The summed E-state index contributed by atoms with van der Waals surface area (Å²) < 4.78 is 77.1. The van der Waals surface area contributed by atoms with Crippen LogP contribution >= 0.6 is 0 Å². The summed E-state index contributed by atoms with van der Waals surface area (Å²) >= 11 is 0. The highest BCUT2D eigenvalue weighted by molar-refractivity contribution is 5.32. The third kappa shape index (κ3) is 6.48. The number of ether oxygens (including phenoxy) is 1. The minimum absolute atomic E-state index is 0.148. The normalized spacial score (nSPS) is 14.3. The molecule has 0 radical (unpaired) electrons. The van der Waals surface area contributed by atoms with E-state index in [0.29, 0.717) is 5.57 Å². The van der Waals surface area contributed by atoms with Crippen LogP contribution in [0.2, 0.25) is 0 Å². The second-order valence-electron chi connectivity index (χ2n) is 3.73. The maximum absolute atomic E-state index is 12.2. The maximum atomic E-state index is 12.2. The highest BCUT2D eigenvalue weighted by atomic mass is 19.4. The predicted molar refractivity (Wildman–Crippen MR) is 62.7 cm³/mol. The average Bonchev–Trinajstić information content (AvgIpc) is 2.29. The van der Waals surface area contributed by atoms with Crippen molar-refractivity contribution < 1.29 is 31.1 Å². The summed E-state index contributed by atoms with van der Waals surface area (Å²) in [5, 5.41) is 0. The lowest BCUT2D eigenvalue weighted by Crippen LogP contribution is -2.44. The minimum atomic E-state index is -5.55. The third-order valence-electron chi connectivity index (χ3n) is 2.05. The van der Waals surface area contributed by atoms with Crippen molar-refractivity contribution in [1.82, 2.24) is 0 Å². The molecule has 0 atom stereocenters. The maximum Gasteiger partial charge on any atom is 0.423 e. The lowest BCUT2D eigenvalue weighted by molar-refractivity contribution is -0.319. The van der Waals surface area contributed by atoms with E-state index >= 15 is 0 Å². The van der Waals surface area contributed by atoms with E-state index in [4.69, 9.17) is 6.42 Å². The molecule has 0 bridgehead atoms. The van der Waals surface area contributed by atoms with Gasteiger partial charge in [0.05, 0.1) is 6.61 Å². The molecule has 0 N–H and O–H groups in total. The van der Waals surface area contributed by atoms with Gasteiger partial charge in [0.2, 0.25) is 6.10 Å². The molecule has 0 aromatic carbocycles. The second kappa shape index (κ2) is 7.20. The third-order valence-corrected chi connectivity index (χ3v) is 2.05. The Morgan fingerprint density at radius 1 is 1.20 bits per heavy atom. The van der Waals surface area contributed by atoms with Crippen LogP contribution in [0.1, 0.15) is 6.92 Å². The molecule has 0 saturated carbocycles. The van der Waals surface area contributed by atoms with Gasteiger partial charge in [0.25, 0.3) is 0 Å². The first kappa shape index (κ1) is 18.3. The standard InChI is InChI=1S/C13H12F6O/c1-4-9(3)6-7-10(5-2)8-20-11(12(14,15)16)13(17,18)19/h2,4,6-7,11H,1,8H2,3H3/b9-6+,10-7+. The quantitative estimate of drug-likeness (QED) is 0.420. The molecule has 0 spiro atoms. The van der Waals surface area contributed by atoms with Gasteiger partial charge in [-0.25, -0.2) is 0 Å². The zero-order chi connectivity index (χ0) is 16.0. The number of halogens is 6. The van der Waals surface area contributed by atoms with Crippen LogP contribution in [0.5, 0.6) is 0 Å². The summed E-state index contributed by atoms with van der Waals surface area (Å²) in [7, 11) is 0. The molecule has 0 amide bonds. The van der Waals surface area contributed by atoms with Crippen LogP contribution < -0.4 is 0 Å². The topological polar surface area (TPSA) is 9.23 Å². The van der Waals surface area contributed by atoms with Crippen molar-refractivity contribution in [3.8, 4) is 12.3 Å². The summed E-state index contributed by atoms with van der Waals surface area (Å²) in [5.74, 6) is 1.96. The molecular formula is C13H12F6O. The fourth-order valence-electron chi connectivity index (χ4n) is 0.986. The number of rotatable bonds is 5. The van der Waals surface area contributed by atoms with E-state index in [-0.39, 0.29) is 5.57 Å². The van der Waals surface area contributed by atoms with Crippen LogP contribution in [-0.2, 0) is 4.74 Å². The van der Waals surface area contributed by atoms with E-state index in [1.807, 2.05) is 5.92 Å². The van der Waals surface area contributed by atoms with Gasteiger partial charge in [-0.2, -0.15) is 26.3 Å². The Balaban J connectivity index is 4.95. The van der Waals surface area contributed by atoms with Crippen LogP contribution in [0.15, 0.2) is 36.0 Å². The van der Waals surface area contributed by atoms with Gasteiger partial charge in [-0.05, 0) is 13.0 Å². The molecule has 112 valence electrons. The zero-order valence-electron chi connectivity index (χ0n) is 10.5. The van der Waals surface area contributed by atoms with Crippen molar-refractivity contribution in [2.24, 2.45) is 0 Å². The van der Waals surface area contributed by atoms with Crippen LogP contribution in [0.25, 0.3) is 0 Å². The number of hydrogen-bond donors (Lipinski definition) is 0. The van der Waals surface area contributed by atoms with Crippen molar-refractivity contribution in [3.63, 3.8) is 0 Å². The van der Waals surface area contributed by atoms with Crippen molar-refractivity contribution in [3.05, 3.63) is 36.0 Å². The minimum Gasteiger partial charge on any atom is -0.355 e. The van der Waals surface area contributed by atoms with Crippen LogP contribution in [0.3, 0.4) is 0 Å². The van der Waals surface area contributed by atoms with Gasteiger partial charge in [0.15, 0.2) is 0 Å². The van der Waals surface area contributed by atoms with Gasteiger partial charge in [-0.1, -0.05) is 30.2 Å². The van der Waals surface area contributed by atoms with Gasteiger partial charge in [0, 0.05) is 5.57 Å². The number of terminal acetylenes is 1. The molecular weight excluding hydrogens is 286 g/mol. The van der Waals surface area contributed by atoms with Gasteiger partial charge in [-0.15, -0.1) is 6.42 Å². The first-order valence-corrected chi connectivity index (χ1v) is 5.24. The summed E-state index contributed by atoms with van der Waals surface area (Å²) in [6.07, 6.45) is -5.93. The predicted octanol–water partition coefficient (Wildman–Crippen LogP) is 4.19. The number of hydrogen-bond acceptors (Lipinski definition) is 1. The summed E-state index contributed by atoms with van der Waals surface area (Å²) in [6.45, 7) is 4.09. The lowest BCUT2D eigenvalue weighted by Gasteiger charge is -2.22. The monoisotopic (exact) mass is 298 g/mol. The molecule has 0 rings (SSSR count). The number of allylic oxidation sites excluding steroid dienone is 4. The Hall–Kier alpha value is -1.68. The molecule has 0 aliphatic rings. The Morgan fingerprint density at radius 3 is 2.05 bits per heavy atom. The Kier molecular flexibility index (Phi) is 6.59. The Labute approximate surface area is 112 Å². The fourth-order valence-corrected chi connectivity index (χ4v) is 0.986. The van der Waals surface area contributed by atoms with E-state index in [2.05, 4.69) is 11.3 Å². The molecule has 0 saturated heterocycles. The van der Waals surface area contributed by atoms with Gasteiger partial charge < -0.3 is 4.74 Å². The van der Waals surface area contributed by atoms with E-state index < -0.39 is 25.1 Å². The van der Waals surface area contributed by atoms with Crippen molar-refractivity contribution in [2.45, 2.75) is 25.4 Å². The second-order valence-corrected chi connectivity index (χ2v) is 3.73. The van der Waals surface area contributed by atoms with Crippen molar-refractivity contribution in [1.29, 1.82) is 0 Å². The van der Waals surface area contributed by atoms with Crippen LogP contribution in [0.4, 0.5) is 26.3 Å². The highest BCUT2D eigenvalue weighted by Crippen LogP contribution is 2.35. The van der Waals surface area contributed by atoms with E-state index in [9.17, 15) is 26.3 Å². The summed E-state index contributed by atoms with van der Waals surface area (Å²) in [6, 6.07) is 0. The van der Waals surface area contributed by atoms with Crippen LogP contribution in [-0.4, -0.2) is 25.1 Å². The molecule has 0 aliphatic carbocycles. The first-order valence-electron chi connectivity index (χ1n) is 5.24. The Bertz CT molecular complexity index is 419. The van der Waals surface area contributed by atoms with Crippen LogP contribution in [0, 0.1) is 12.3 Å². The van der Waals surface area contributed by atoms with Crippen molar-refractivity contribution >= 4 is 0 Å². The smallest absolute Gasteiger partial charge is 0.355 e. The molecule has 0 unspecified atom stereocenters. The van der Waals surface area contributed by atoms with Gasteiger partial charge in [0.1, 0.15) is 0 Å². The van der Waals surface area contributed by atoms with Gasteiger partial charge in [-0.3, -0.25) is 0 Å². The molecule has 0 aromatic rings. The molecule has 0 fully saturated rings. The first-order chi connectivity index (χ1) is 9.02. The van der Waals surface area contributed by atoms with E-state index in [1.165, 1.54) is 18.2 Å². The zero-order valence-corrected chi connectivity index (χ0v) is 10.5. The summed E-state index contributed by atoms with van der Waals surface area (Å²) in [5.41, 5.74) is 0.491. The van der Waals surface area contributed by atoms with Gasteiger partial charge >= 0.3 is 12.4 Å². The molecule has 0 aliphatic heterocycles. The lowest BCUT2D eigenvalue weighted by atomic mass is 10.2. The Morgan fingerprint density at radius 2 is 1.70 bits per heavy atom. The molecule has 0 aromatic heterocycles. The largest absolute Gasteiger partial charge is 0.423 e. The number of alkyl halides is 6. The summed E-state index contributed by atoms with van der Waals surface area (Å²) in [4.78, 5) is 0. The van der Waals surface area contributed by atoms with Crippen molar-refractivity contribution in [2.75, 3.05) is 6.61 Å². The van der Waals surface area contributed by atoms with E-state index in [1.54, 1.807) is 6.92 Å².